The smallest absolute Gasteiger partial charge is 0.156 e. The van der Waals surface area contributed by atoms with Crippen LogP contribution in [-0.2, 0) is 0 Å². The molecule has 0 saturated heterocycles. The number of benzene rings is 2. The second-order valence-corrected chi connectivity index (χ2v) is 5.38. The fraction of sp³-hybridized carbons (Fsp3) is 0.105. The number of nitrogens with zero attached hydrogens (tertiary/aromatic N) is 1. The summed E-state index contributed by atoms with van der Waals surface area (Å²) < 4.78 is 8.56. The lowest BCUT2D eigenvalue weighted by molar-refractivity contribution is 0.282. The van der Waals surface area contributed by atoms with Crippen molar-refractivity contribution in [3.8, 4) is 23.8 Å². The standard InChI is InChI=1S/C19H15NOS/c1-3-14(2)21-18-13-19(22)20(15-9-5-4-6-10-15)17-12-8-7-11-16(17)18/h1,4-14H,2H3. The molecule has 2 nitrogen and oxygen atoms in total. The molecular weight excluding hydrogens is 290 g/mol. The van der Waals surface area contributed by atoms with E-state index in [0.29, 0.717) is 4.64 Å². The molecule has 0 aliphatic heterocycles. The van der Waals surface area contributed by atoms with Gasteiger partial charge in [0.15, 0.2) is 6.10 Å². The Morgan fingerprint density at radius 2 is 1.77 bits per heavy atom. The first-order chi connectivity index (χ1) is 10.7. The van der Waals surface area contributed by atoms with Gasteiger partial charge in [0, 0.05) is 17.1 Å². The Morgan fingerprint density at radius 1 is 1.09 bits per heavy atom. The van der Waals surface area contributed by atoms with E-state index in [4.69, 9.17) is 23.4 Å². The number of rotatable bonds is 3. The molecular formula is C19H15NOS. The highest BCUT2D eigenvalue weighted by molar-refractivity contribution is 7.71. The summed E-state index contributed by atoms with van der Waals surface area (Å²) in [5.41, 5.74) is 2.03. The summed E-state index contributed by atoms with van der Waals surface area (Å²) in [7, 11) is 0. The van der Waals surface area contributed by atoms with Crippen molar-refractivity contribution in [2.24, 2.45) is 0 Å². The topological polar surface area (TPSA) is 14.2 Å². The molecule has 3 heteroatoms. The number of ether oxygens (including phenoxy) is 1. The third-order valence-electron chi connectivity index (χ3n) is 3.44. The maximum Gasteiger partial charge on any atom is 0.156 e. The Hall–Kier alpha value is -2.57. The predicted octanol–water partition coefficient (Wildman–Crippen LogP) is 4.76. The Bertz CT molecular complexity index is 906. The first kappa shape index (κ1) is 14.4. The highest BCUT2D eigenvalue weighted by Gasteiger charge is 2.10. The molecule has 2 aromatic carbocycles. The summed E-state index contributed by atoms with van der Waals surface area (Å²) in [5.74, 6) is 3.30. The number of terminal acetylenes is 1. The third-order valence-corrected chi connectivity index (χ3v) is 3.74. The van der Waals surface area contributed by atoms with Crippen molar-refractivity contribution in [3.63, 3.8) is 0 Å². The molecule has 0 N–H and O–H groups in total. The normalized spacial score (nSPS) is 11.8. The van der Waals surface area contributed by atoms with Gasteiger partial charge in [-0.2, -0.15) is 0 Å². The monoisotopic (exact) mass is 305 g/mol. The van der Waals surface area contributed by atoms with Gasteiger partial charge in [0.05, 0.1) is 5.52 Å². The summed E-state index contributed by atoms with van der Waals surface area (Å²) in [4.78, 5) is 0. The molecule has 1 heterocycles. The van der Waals surface area contributed by atoms with Crippen LogP contribution in [0.15, 0.2) is 60.7 Å². The largest absolute Gasteiger partial charge is 0.477 e. The van der Waals surface area contributed by atoms with Crippen LogP contribution in [0.1, 0.15) is 6.92 Å². The molecule has 3 aromatic rings. The first-order valence-electron chi connectivity index (χ1n) is 7.03. The molecule has 1 aromatic heterocycles. The van der Waals surface area contributed by atoms with Gasteiger partial charge in [-0.25, -0.2) is 0 Å². The van der Waals surface area contributed by atoms with Gasteiger partial charge in [-0.15, -0.1) is 6.42 Å². The van der Waals surface area contributed by atoms with Crippen molar-refractivity contribution >= 4 is 23.1 Å². The van der Waals surface area contributed by atoms with E-state index in [1.807, 2.05) is 72.2 Å². The van der Waals surface area contributed by atoms with Crippen LogP contribution >= 0.6 is 12.2 Å². The minimum atomic E-state index is -0.301. The molecule has 0 aliphatic carbocycles. The lowest BCUT2D eigenvalue weighted by atomic mass is 10.2. The lowest BCUT2D eigenvalue weighted by Crippen LogP contribution is -2.10. The fourth-order valence-corrected chi connectivity index (χ4v) is 2.73. The lowest BCUT2D eigenvalue weighted by Gasteiger charge is -2.16. The van der Waals surface area contributed by atoms with Gasteiger partial charge in [0.2, 0.25) is 0 Å². The van der Waals surface area contributed by atoms with Gasteiger partial charge in [0.25, 0.3) is 0 Å². The molecule has 22 heavy (non-hydrogen) atoms. The number of hydrogen-bond donors (Lipinski definition) is 0. The van der Waals surface area contributed by atoms with Gasteiger partial charge in [-0.05, 0) is 31.2 Å². The van der Waals surface area contributed by atoms with Crippen molar-refractivity contribution in [2.75, 3.05) is 0 Å². The fourth-order valence-electron chi connectivity index (χ4n) is 2.42. The van der Waals surface area contributed by atoms with Gasteiger partial charge < -0.3 is 9.30 Å². The molecule has 3 rings (SSSR count). The van der Waals surface area contributed by atoms with Crippen LogP contribution in [-0.4, -0.2) is 10.7 Å². The molecule has 0 saturated carbocycles. The van der Waals surface area contributed by atoms with Crippen LogP contribution in [0.25, 0.3) is 16.6 Å². The maximum absolute atomic E-state index is 5.83. The number of hydrogen-bond acceptors (Lipinski definition) is 2. The summed E-state index contributed by atoms with van der Waals surface area (Å²) in [6, 6.07) is 19.9. The Balaban J connectivity index is 2.29. The number of fused-ring (bicyclic) bond motifs is 1. The van der Waals surface area contributed by atoms with Crippen LogP contribution in [0.2, 0.25) is 0 Å². The highest BCUT2D eigenvalue weighted by atomic mass is 32.1. The molecule has 0 spiro atoms. The SMILES string of the molecule is C#CC(C)Oc1cc(=S)n(-c2ccccc2)c2ccccc12. The summed E-state index contributed by atoms with van der Waals surface area (Å²) >= 11 is 5.57. The van der Waals surface area contributed by atoms with Gasteiger partial charge in [0.1, 0.15) is 10.4 Å². The van der Waals surface area contributed by atoms with Crippen molar-refractivity contribution in [1.82, 2.24) is 4.57 Å². The van der Waals surface area contributed by atoms with Crippen LogP contribution in [0.3, 0.4) is 0 Å². The summed E-state index contributed by atoms with van der Waals surface area (Å²) in [6.45, 7) is 1.84. The highest BCUT2D eigenvalue weighted by Crippen LogP contribution is 2.29. The van der Waals surface area contributed by atoms with E-state index in [-0.39, 0.29) is 6.10 Å². The summed E-state index contributed by atoms with van der Waals surface area (Å²) in [5, 5.41) is 0.988. The zero-order valence-corrected chi connectivity index (χ0v) is 13.0. The molecule has 108 valence electrons. The molecule has 0 aliphatic rings. The second kappa shape index (κ2) is 6.05. The maximum atomic E-state index is 5.83. The van der Waals surface area contributed by atoms with E-state index in [1.54, 1.807) is 0 Å². The van der Waals surface area contributed by atoms with Crippen molar-refractivity contribution in [2.45, 2.75) is 13.0 Å². The molecule has 1 unspecified atom stereocenters. The van der Waals surface area contributed by atoms with Crippen molar-refractivity contribution in [1.29, 1.82) is 0 Å². The quantitative estimate of drug-likeness (QED) is 0.511. The predicted molar refractivity (Wildman–Crippen MR) is 93.0 cm³/mol. The Labute approximate surface area is 135 Å². The van der Waals surface area contributed by atoms with Crippen molar-refractivity contribution in [3.05, 3.63) is 65.3 Å². The van der Waals surface area contributed by atoms with Gasteiger partial charge in [-0.1, -0.05) is 48.5 Å². The van der Waals surface area contributed by atoms with E-state index < -0.39 is 0 Å². The van der Waals surface area contributed by atoms with Gasteiger partial charge in [-0.3, -0.25) is 0 Å². The zero-order valence-electron chi connectivity index (χ0n) is 12.2. The average molecular weight is 305 g/mol. The molecule has 0 amide bonds. The Kier molecular flexibility index (Phi) is 3.95. The minimum absolute atomic E-state index is 0.301. The van der Waals surface area contributed by atoms with Crippen molar-refractivity contribution < 1.29 is 4.74 Å². The van der Waals surface area contributed by atoms with E-state index in [0.717, 1.165) is 22.3 Å². The second-order valence-electron chi connectivity index (χ2n) is 4.96. The molecule has 0 fully saturated rings. The van der Waals surface area contributed by atoms with E-state index >= 15 is 0 Å². The van der Waals surface area contributed by atoms with Crippen LogP contribution < -0.4 is 4.74 Å². The number of pyridine rings is 1. The Morgan fingerprint density at radius 3 is 2.50 bits per heavy atom. The van der Waals surface area contributed by atoms with Crippen LogP contribution in [0.4, 0.5) is 0 Å². The average Bonchev–Trinajstić information content (AvgIpc) is 2.55. The number of para-hydroxylation sites is 2. The van der Waals surface area contributed by atoms with Gasteiger partial charge >= 0.3 is 0 Å². The van der Waals surface area contributed by atoms with E-state index in [9.17, 15) is 0 Å². The van der Waals surface area contributed by atoms with E-state index in [1.165, 1.54) is 0 Å². The first-order valence-corrected chi connectivity index (χ1v) is 7.44. The zero-order chi connectivity index (χ0) is 15.5. The van der Waals surface area contributed by atoms with Crippen LogP contribution in [0, 0.1) is 17.0 Å². The molecule has 0 radical (unpaired) electrons. The number of aromatic nitrogens is 1. The minimum Gasteiger partial charge on any atom is -0.477 e. The molecule has 1 atom stereocenters. The summed E-state index contributed by atoms with van der Waals surface area (Å²) in [6.07, 6.45) is 5.12. The van der Waals surface area contributed by atoms with Crippen LogP contribution in [0.5, 0.6) is 5.75 Å². The molecule has 0 bridgehead atoms. The third kappa shape index (κ3) is 2.61. The van der Waals surface area contributed by atoms with E-state index in [2.05, 4.69) is 5.92 Å².